The molecule has 5 heteroatoms. The Bertz CT molecular complexity index is 637. The van der Waals surface area contributed by atoms with E-state index in [0.29, 0.717) is 11.5 Å². The highest BCUT2D eigenvalue weighted by Crippen LogP contribution is 2.34. The van der Waals surface area contributed by atoms with Crippen LogP contribution in [0.5, 0.6) is 0 Å². The second-order valence-electron chi connectivity index (χ2n) is 8.17. The summed E-state index contributed by atoms with van der Waals surface area (Å²) in [5.41, 5.74) is 3.56. The summed E-state index contributed by atoms with van der Waals surface area (Å²) in [6, 6.07) is 3.67. The second-order valence-corrected chi connectivity index (χ2v) is 8.17. The third-order valence-electron chi connectivity index (χ3n) is 5.53. The Morgan fingerprint density at radius 1 is 1.12 bits per heavy atom. The van der Waals surface area contributed by atoms with Crippen LogP contribution in [0.15, 0.2) is 12.1 Å². The van der Waals surface area contributed by atoms with Crippen LogP contribution in [-0.4, -0.2) is 43.7 Å². The molecule has 25 heavy (non-hydrogen) atoms. The van der Waals surface area contributed by atoms with Crippen LogP contribution in [-0.2, 0) is 9.47 Å². The number of carboxylic acids is 1. The molecule has 0 aromatic heterocycles. The van der Waals surface area contributed by atoms with Gasteiger partial charge in [0, 0.05) is 30.1 Å². The van der Waals surface area contributed by atoms with E-state index >= 15 is 0 Å². The van der Waals surface area contributed by atoms with Crippen molar-refractivity contribution in [2.75, 3.05) is 31.2 Å². The first-order chi connectivity index (χ1) is 11.8. The van der Waals surface area contributed by atoms with Gasteiger partial charge in [-0.2, -0.15) is 0 Å². The summed E-state index contributed by atoms with van der Waals surface area (Å²) < 4.78 is 11.9. The van der Waals surface area contributed by atoms with Gasteiger partial charge in [-0.1, -0.05) is 13.8 Å². The first-order valence-corrected chi connectivity index (χ1v) is 9.10. The van der Waals surface area contributed by atoms with Crippen LogP contribution in [0.25, 0.3) is 0 Å². The fraction of sp³-hybridized carbons (Fsp3) is 0.650. The highest BCUT2D eigenvalue weighted by atomic mass is 16.7. The number of aromatic carboxylic acids is 1. The fourth-order valence-corrected chi connectivity index (χ4v) is 3.77. The largest absolute Gasteiger partial charge is 0.478 e. The summed E-state index contributed by atoms with van der Waals surface area (Å²) >= 11 is 0. The molecule has 2 saturated heterocycles. The average molecular weight is 347 g/mol. The zero-order chi connectivity index (χ0) is 18.2. The standard InChI is InChI=1S/C20H29NO4/c1-13-14(2)17(6-5-16(13)18(22)23)21-9-7-15(8-10-21)19-24-11-20(3,4)12-25-19/h5-6,15,19H,7-12H2,1-4H3,(H,22,23). The Kier molecular flexibility index (Phi) is 5.07. The molecule has 0 unspecified atom stereocenters. The lowest BCUT2D eigenvalue weighted by atomic mass is 9.91. The zero-order valence-corrected chi connectivity index (χ0v) is 15.7. The molecule has 2 aliphatic rings. The van der Waals surface area contributed by atoms with Crippen molar-refractivity contribution in [1.82, 2.24) is 0 Å². The molecule has 3 rings (SSSR count). The number of nitrogens with zero attached hydrogens (tertiary/aromatic N) is 1. The van der Waals surface area contributed by atoms with Crippen molar-refractivity contribution < 1.29 is 19.4 Å². The third-order valence-corrected chi connectivity index (χ3v) is 5.53. The lowest BCUT2D eigenvalue weighted by Gasteiger charge is -2.42. The second kappa shape index (κ2) is 6.96. The van der Waals surface area contributed by atoms with Crippen molar-refractivity contribution in [2.45, 2.75) is 46.8 Å². The van der Waals surface area contributed by atoms with Crippen molar-refractivity contribution in [3.8, 4) is 0 Å². The fourth-order valence-electron chi connectivity index (χ4n) is 3.77. The van der Waals surface area contributed by atoms with Crippen LogP contribution in [0, 0.1) is 25.2 Å². The van der Waals surface area contributed by atoms with Gasteiger partial charge in [-0.25, -0.2) is 4.79 Å². The highest BCUT2D eigenvalue weighted by molar-refractivity contribution is 5.90. The van der Waals surface area contributed by atoms with Gasteiger partial charge in [0.15, 0.2) is 6.29 Å². The van der Waals surface area contributed by atoms with Gasteiger partial charge in [0.2, 0.25) is 0 Å². The minimum Gasteiger partial charge on any atom is -0.478 e. The van der Waals surface area contributed by atoms with Gasteiger partial charge in [0.25, 0.3) is 0 Å². The van der Waals surface area contributed by atoms with Gasteiger partial charge in [-0.3, -0.25) is 0 Å². The van der Waals surface area contributed by atoms with Gasteiger partial charge in [0.05, 0.1) is 18.8 Å². The summed E-state index contributed by atoms with van der Waals surface area (Å²) in [5, 5.41) is 9.27. The van der Waals surface area contributed by atoms with E-state index in [1.807, 2.05) is 19.9 Å². The molecule has 0 radical (unpaired) electrons. The maximum atomic E-state index is 11.3. The van der Waals surface area contributed by atoms with Crippen molar-refractivity contribution in [1.29, 1.82) is 0 Å². The summed E-state index contributed by atoms with van der Waals surface area (Å²) in [5.74, 6) is -0.424. The molecule has 1 aromatic rings. The number of ether oxygens (including phenoxy) is 2. The molecule has 0 atom stereocenters. The molecule has 0 saturated carbocycles. The number of rotatable bonds is 3. The average Bonchev–Trinajstić information content (AvgIpc) is 2.57. The van der Waals surface area contributed by atoms with Crippen LogP contribution in [0.2, 0.25) is 0 Å². The molecular formula is C20H29NO4. The molecular weight excluding hydrogens is 318 g/mol. The van der Waals surface area contributed by atoms with E-state index in [2.05, 4.69) is 18.7 Å². The van der Waals surface area contributed by atoms with Gasteiger partial charge in [-0.05, 0) is 49.9 Å². The van der Waals surface area contributed by atoms with E-state index in [-0.39, 0.29) is 11.7 Å². The molecule has 2 aliphatic heterocycles. The highest BCUT2D eigenvalue weighted by Gasteiger charge is 2.35. The summed E-state index contributed by atoms with van der Waals surface area (Å²) in [6.45, 7) is 11.6. The Hall–Kier alpha value is -1.59. The van der Waals surface area contributed by atoms with E-state index < -0.39 is 5.97 Å². The lowest BCUT2D eigenvalue weighted by molar-refractivity contribution is -0.245. The van der Waals surface area contributed by atoms with E-state index in [1.54, 1.807) is 6.07 Å². The Labute approximate surface area is 149 Å². The number of benzene rings is 1. The molecule has 1 N–H and O–H groups in total. The maximum absolute atomic E-state index is 11.3. The van der Waals surface area contributed by atoms with Crippen molar-refractivity contribution in [3.63, 3.8) is 0 Å². The molecule has 138 valence electrons. The first kappa shape index (κ1) is 18.2. The summed E-state index contributed by atoms with van der Waals surface area (Å²) in [7, 11) is 0. The summed E-state index contributed by atoms with van der Waals surface area (Å²) in [4.78, 5) is 13.6. The Morgan fingerprint density at radius 3 is 2.28 bits per heavy atom. The molecule has 1 aromatic carbocycles. The number of carboxylic acid groups (broad SMARTS) is 1. The van der Waals surface area contributed by atoms with Crippen LogP contribution in [0.3, 0.4) is 0 Å². The number of carbonyl (C=O) groups is 1. The molecule has 0 aliphatic carbocycles. The van der Waals surface area contributed by atoms with Crippen LogP contribution < -0.4 is 4.90 Å². The zero-order valence-electron chi connectivity index (χ0n) is 15.7. The monoisotopic (exact) mass is 347 g/mol. The smallest absolute Gasteiger partial charge is 0.335 e. The van der Waals surface area contributed by atoms with Gasteiger partial charge >= 0.3 is 5.97 Å². The number of piperidine rings is 1. The van der Waals surface area contributed by atoms with E-state index in [4.69, 9.17) is 9.47 Å². The third kappa shape index (κ3) is 3.82. The van der Waals surface area contributed by atoms with E-state index in [9.17, 15) is 9.90 Å². The predicted octanol–water partition coefficient (Wildman–Crippen LogP) is 3.62. The van der Waals surface area contributed by atoms with E-state index in [0.717, 1.165) is 56.0 Å². The topological polar surface area (TPSA) is 59.0 Å². The molecule has 5 nitrogen and oxygen atoms in total. The first-order valence-electron chi connectivity index (χ1n) is 9.10. The SMILES string of the molecule is Cc1c(C(=O)O)ccc(N2CCC(C3OCC(C)(C)CO3)CC2)c1C. The number of hydrogen-bond donors (Lipinski definition) is 1. The molecule has 2 fully saturated rings. The minimum atomic E-state index is -0.861. The predicted molar refractivity (Wildman–Crippen MR) is 97.3 cm³/mol. The van der Waals surface area contributed by atoms with Gasteiger partial charge in [-0.15, -0.1) is 0 Å². The van der Waals surface area contributed by atoms with Crippen LogP contribution in [0.1, 0.15) is 48.2 Å². The van der Waals surface area contributed by atoms with Gasteiger partial charge < -0.3 is 19.5 Å². The summed E-state index contributed by atoms with van der Waals surface area (Å²) in [6.07, 6.45) is 1.99. The van der Waals surface area contributed by atoms with E-state index in [1.165, 1.54) is 0 Å². The number of anilines is 1. The molecule has 0 spiro atoms. The normalized spacial score (nSPS) is 22.2. The van der Waals surface area contributed by atoms with Crippen LogP contribution in [0.4, 0.5) is 5.69 Å². The molecule has 0 bridgehead atoms. The van der Waals surface area contributed by atoms with Crippen molar-refractivity contribution in [3.05, 3.63) is 28.8 Å². The molecule has 0 amide bonds. The maximum Gasteiger partial charge on any atom is 0.335 e. The minimum absolute atomic E-state index is 0.0765. The van der Waals surface area contributed by atoms with Crippen molar-refractivity contribution in [2.24, 2.45) is 11.3 Å². The number of hydrogen-bond acceptors (Lipinski definition) is 4. The molecule has 2 heterocycles. The Morgan fingerprint density at radius 2 is 1.72 bits per heavy atom. The quantitative estimate of drug-likeness (QED) is 0.905. The Balaban J connectivity index is 1.63. The lowest BCUT2D eigenvalue weighted by Crippen LogP contribution is -2.45. The van der Waals surface area contributed by atoms with Gasteiger partial charge in [0.1, 0.15) is 0 Å². The van der Waals surface area contributed by atoms with Crippen LogP contribution >= 0.6 is 0 Å². The van der Waals surface area contributed by atoms with Crippen molar-refractivity contribution >= 4 is 11.7 Å².